The Morgan fingerprint density at radius 3 is 1.69 bits per heavy atom. The molecule has 232 valence electrons. The fourth-order valence-electron chi connectivity index (χ4n) is 1.92. The Bertz CT molecular complexity index is 864. The van der Waals surface area contributed by atoms with Crippen LogP contribution in [0.1, 0.15) is 61.3 Å². The van der Waals surface area contributed by atoms with Crippen LogP contribution in [0, 0.1) is 31.3 Å². The van der Waals surface area contributed by atoms with Crippen molar-refractivity contribution in [2.45, 2.75) is 53.4 Å². The summed E-state index contributed by atoms with van der Waals surface area (Å²) in [6, 6.07) is 7.52. The van der Waals surface area contributed by atoms with Gasteiger partial charge in [-0.25, -0.2) is 9.97 Å². The van der Waals surface area contributed by atoms with Crippen LogP contribution in [0.15, 0.2) is 24.3 Å². The van der Waals surface area contributed by atoms with E-state index in [-0.39, 0.29) is 37.7 Å². The van der Waals surface area contributed by atoms with E-state index >= 15 is 0 Å². The SMILES string of the molecule is CN(C)CCN(C)C=O.COc1cccc(C)n1.COc1nc(C)cc(I)c1C=O.II.[CH2-]CCC.[CH2-]CCC.[Li+].[Li+]. The zero-order valence-corrected chi connectivity index (χ0v) is 34.1. The van der Waals surface area contributed by atoms with E-state index in [2.05, 4.69) is 97.5 Å². The van der Waals surface area contributed by atoms with Gasteiger partial charge in [0.1, 0.15) is 0 Å². The van der Waals surface area contributed by atoms with Gasteiger partial charge in [-0.1, -0.05) is 32.8 Å². The molecule has 2 aromatic heterocycles. The Balaban J connectivity index is -0.0000000988. The van der Waals surface area contributed by atoms with E-state index in [0.717, 1.165) is 53.6 Å². The third kappa shape index (κ3) is 36.6. The molecule has 42 heavy (non-hydrogen) atoms. The van der Waals surface area contributed by atoms with Gasteiger partial charge in [0, 0.05) is 78.4 Å². The third-order valence-corrected chi connectivity index (χ3v) is 5.16. The minimum absolute atomic E-state index is 0. The van der Waals surface area contributed by atoms with Crippen molar-refractivity contribution in [1.29, 1.82) is 0 Å². The summed E-state index contributed by atoms with van der Waals surface area (Å²) in [5.41, 5.74) is 2.35. The van der Waals surface area contributed by atoms with Gasteiger partial charge in [-0.05, 0) is 62.7 Å². The van der Waals surface area contributed by atoms with Crippen LogP contribution < -0.4 is 47.2 Å². The topological polar surface area (TPSA) is 84.9 Å². The number of nitrogens with zero attached hydrogens (tertiary/aromatic N) is 4. The second-order valence-corrected chi connectivity index (χ2v) is 9.37. The summed E-state index contributed by atoms with van der Waals surface area (Å²) < 4.78 is 10.7. The maximum Gasteiger partial charge on any atom is 1.00 e. The molecule has 0 aliphatic heterocycles. The average Bonchev–Trinajstić information content (AvgIpc) is 2.97. The van der Waals surface area contributed by atoms with Gasteiger partial charge in [-0.3, -0.25) is 9.59 Å². The molecule has 0 saturated heterocycles. The Morgan fingerprint density at radius 2 is 1.38 bits per heavy atom. The van der Waals surface area contributed by atoms with Crippen molar-refractivity contribution in [3.8, 4) is 11.8 Å². The first-order valence-corrected chi connectivity index (χ1v) is 20.0. The summed E-state index contributed by atoms with van der Waals surface area (Å²) in [4.78, 5) is 32.4. The molecule has 0 aromatic carbocycles. The molecule has 0 fully saturated rings. The molecule has 2 heterocycles. The van der Waals surface area contributed by atoms with Crippen molar-refractivity contribution >= 4 is 72.5 Å². The van der Waals surface area contributed by atoms with Crippen LogP contribution in [-0.4, -0.2) is 80.9 Å². The zero-order chi connectivity index (χ0) is 31.9. The van der Waals surface area contributed by atoms with E-state index in [1.54, 1.807) is 19.1 Å². The van der Waals surface area contributed by atoms with Gasteiger partial charge >= 0.3 is 37.7 Å². The monoisotopic (exact) mass is 912 g/mol. The summed E-state index contributed by atoms with van der Waals surface area (Å²) >= 11 is 6.32. The summed E-state index contributed by atoms with van der Waals surface area (Å²) in [6.07, 6.45) is 6.15. The molecule has 0 aliphatic carbocycles. The average molecular weight is 912 g/mol. The second-order valence-electron chi connectivity index (χ2n) is 8.20. The van der Waals surface area contributed by atoms with Crippen molar-refractivity contribution < 1.29 is 56.8 Å². The van der Waals surface area contributed by atoms with Gasteiger partial charge in [0.2, 0.25) is 18.2 Å². The van der Waals surface area contributed by atoms with E-state index in [1.807, 2.05) is 57.1 Å². The largest absolute Gasteiger partial charge is 1.00 e. The van der Waals surface area contributed by atoms with Crippen LogP contribution in [0.2, 0.25) is 0 Å². The molecule has 0 N–H and O–H groups in total. The standard InChI is InChI=1S/C8H8INO2.C7H9NO.C6H14N2O.2C4H9.I2.2Li/c1-5-3-7(9)6(4-11)8(10-5)12-2;1-6-4-3-5-7(8-6)9-2;1-7(2)4-5-8(3)6-9;2*1-3-4-2;1-2;;/h3-4H,1-2H3;3-5H,1-2H3;6H,4-5H2,1-3H3;2*1,3-4H2,2H3;;;/q;;;2*-1;;2*+1. The van der Waals surface area contributed by atoms with E-state index < -0.39 is 0 Å². The molecule has 2 aromatic rings. The fraction of sp³-hybridized carbons (Fsp3) is 0.517. The van der Waals surface area contributed by atoms with E-state index in [0.29, 0.717) is 17.3 Å². The number of aryl methyl sites for hydroxylation is 2. The number of hydrogen-bond donors (Lipinski definition) is 0. The molecular weight excluding hydrogens is 863 g/mol. The van der Waals surface area contributed by atoms with Crippen LogP contribution in [0.25, 0.3) is 0 Å². The molecule has 0 radical (unpaired) electrons. The van der Waals surface area contributed by atoms with Crippen molar-refractivity contribution in [2.75, 3.05) is 48.5 Å². The summed E-state index contributed by atoms with van der Waals surface area (Å²) in [6.45, 7) is 17.0. The fourth-order valence-corrected chi connectivity index (χ4v) is 2.73. The van der Waals surface area contributed by atoms with Crippen molar-refractivity contribution in [3.05, 3.63) is 58.6 Å². The summed E-state index contributed by atoms with van der Waals surface area (Å²) in [7, 11) is 8.86. The molecule has 8 nitrogen and oxygen atoms in total. The number of amides is 1. The second kappa shape index (κ2) is 41.4. The number of ether oxygens (including phenoxy) is 2. The van der Waals surface area contributed by atoms with Crippen LogP contribution >= 0.6 is 59.8 Å². The molecular formula is C29H49I3Li2N4O4. The van der Waals surface area contributed by atoms with Gasteiger partial charge in [0.05, 0.1) is 19.8 Å². The number of aromatic nitrogens is 2. The third-order valence-electron chi connectivity index (χ3n) is 4.27. The van der Waals surface area contributed by atoms with Gasteiger partial charge < -0.3 is 33.1 Å². The summed E-state index contributed by atoms with van der Waals surface area (Å²) in [5, 5.41) is 0. The minimum atomic E-state index is 0. The summed E-state index contributed by atoms with van der Waals surface area (Å²) in [5.74, 6) is 1.07. The molecule has 0 spiro atoms. The Labute approximate surface area is 317 Å². The van der Waals surface area contributed by atoms with E-state index in [9.17, 15) is 9.59 Å². The number of methoxy groups -OCH3 is 2. The maximum atomic E-state index is 10.6. The van der Waals surface area contributed by atoms with Crippen LogP contribution in [-0.2, 0) is 4.79 Å². The normalized spacial score (nSPS) is 8.36. The van der Waals surface area contributed by atoms with E-state index in [4.69, 9.17) is 9.47 Å². The Kier molecular flexibility index (Phi) is 54.0. The molecule has 0 atom stereocenters. The molecule has 1 amide bonds. The van der Waals surface area contributed by atoms with Crippen molar-refractivity contribution in [1.82, 2.24) is 19.8 Å². The van der Waals surface area contributed by atoms with Crippen molar-refractivity contribution in [2.24, 2.45) is 0 Å². The number of unbranched alkanes of at least 4 members (excludes halogenated alkanes) is 2. The first-order valence-electron chi connectivity index (χ1n) is 12.7. The predicted molar refractivity (Wildman–Crippen MR) is 195 cm³/mol. The predicted octanol–water partition coefficient (Wildman–Crippen LogP) is 1.87. The number of hydrogen-bond acceptors (Lipinski definition) is 7. The number of aldehydes is 1. The zero-order valence-electron chi connectivity index (χ0n) is 27.7. The van der Waals surface area contributed by atoms with Crippen LogP contribution in [0.4, 0.5) is 0 Å². The van der Waals surface area contributed by atoms with Crippen LogP contribution in [0.3, 0.4) is 0 Å². The van der Waals surface area contributed by atoms with Gasteiger partial charge in [-0.2, -0.15) is 12.8 Å². The first kappa shape index (κ1) is 54.8. The Hall–Kier alpha value is 0.385. The van der Waals surface area contributed by atoms with Gasteiger partial charge in [-0.15, -0.1) is 0 Å². The van der Waals surface area contributed by atoms with Crippen LogP contribution in [0.5, 0.6) is 11.8 Å². The number of carbonyl (C=O) groups is 2. The molecule has 2 rings (SSSR count). The van der Waals surface area contributed by atoms with Gasteiger partial charge in [0.15, 0.2) is 6.29 Å². The molecule has 13 heteroatoms. The quantitative estimate of drug-likeness (QED) is 0.165. The number of carbonyl (C=O) groups excluding carboxylic acids is 2. The van der Waals surface area contributed by atoms with Crippen molar-refractivity contribution in [3.63, 3.8) is 0 Å². The minimum Gasteiger partial charge on any atom is -0.481 e. The molecule has 0 bridgehead atoms. The maximum absolute atomic E-state index is 10.6. The smallest absolute Gasteiger partial charge is 0.481 e. The molecule has 0 unspecified atom stereocenters. The van der Waals surface area contributed by atoms with Gasteiger partial charge in [0.25, 0.3) is 0 Å². The molecule has 0 aliphatic rings. The number of pyridine rings is 2. The van der Waals surface area contributed by atoms with E-state index in [1.165, 1.54) is 20.0 Å². The first-order chi connectivity index (χ1) is 19.0. The number of rotatable bonds is 9. The number of likely N-dealkylation sites (N-methyl/N-ethyl adjacent to an activating group) is 2. The Morgan fingerprint density at radius 1 is 0.881 bits per heavy atom. The number of halogens is 3. The molecule has 0 saturated carbocycles.